The van der Waals surface area contributed by atoms with Crippen LogP contribution in [0.3, 0.4) is 0 Å². The number of anilines is 1. The van der Waals surface area contributed by atoms with Crippen LogP contribution < -0.4 is 10.6 Å². The van der Waals surface area contributed by atoms with Crippen LogP contribution in [0, 0.1) is 0 Å². The maximum absolute atomic E-state index is 13.0. The highest BCUT2D eigenvalue weighted by molar-refractivity contribution is 6.31. The van der Waals surface area contributed by atoms with Crippen molar-refractivity contribution in [3.63, 3.8) is 0 Å². The number of benzene rings is 3. The Morgan fingerprint density at radius 1 is 0.969 bits per heavy atom. The van der Waals surface area contributed by atoms with Crippen LogP contribution in [0.2, 0.25) is 5.02 Å². The molecule has 162 valence electrons. The molecule has 0 aliphatic heterocycles. The first-order valence-electron chi connectivity index (χ1n) is 9.65. The molecule has 0 aliphatic carbocycles. The number of pyridine rings is 1. The minimum Gasteiger partial charge on any atom is -0.334 e. The van der Waals surface area contributed by atoms with E-state index in [1.807, 2.05) is 60.9 Å². The highest BCUT2D eigenvalue weighted by Gasteiger charge is 2.33. The molecule has 32 heavy (non-hydrogen) atoms. The van der Waals surface area contributed by atoms with E-state index in [0.29, 0.717) is 0 Å². The van der Waals surface area contributed by atoms with Crippen molar-refractivity contribution in [3.05, 3.63) is 95.3 Å². The molecule has 0 spiro atoms. The summed E-state index contributed by atoms with van der Waals surface area (Å²) in [6.45, 7) is 0.208. The molecular formula is C24H17ClF3N3O. The zero-order chi connectivity index (χ0) is 22.7. The molecule has 0 bridgehead atoms. The summed E-state index contributed by atoms with van der Waals surface area (Å²) in [5, 5.41) is 6.74. The second-order valence-corrected chi connectivity index (χ2v) is 7.51. The van der Waals surface area contributed by atoms with E-state index < -0.39 is 22.8 Å². The maximum atomic E-state index is 13.0. The van der Waals surface area contributed by atoms with Crippen molar-refractivity contribution in [2.24, 2.45) is 0 Å². The smallest absolute Gasteiger partial charge is 0.334 e. The minimum atomic E-state index is -4.60. The number of carbonyl (C=O) groups is 1. The largest absolute Gasteiger partial charge is 0.417 e. The molecule has 0 saturated carbocycles. The van der Waals surface area contributed by atoms with Gasteiger partial charge in [-0.15, -0.1) is 0 Å². The van der Waals surface area contributed by atoms with E-state index in [1.54, 1.807) is 0 Å². The number of nitrogens with zero attached hydrogens (tertiary/aromatic N) is 1. The molecule has 1 aromatic heterocycles. The molecule has 0 aliphatic rings. The molecule has 0 unspecified atom stereocenters. The lowest BCUT2D eigenvalue weighted by atomic mass is 10.00. The van der Waals surface area contributed by atoms with Gasteiger partial charge < -0.3 is 10.6 Å². The molecule has 4 aromatic rings. The van der Waals surface area contributed by atoms with Crippen LogP contribution in [0.15, 0.2) is 79.1 Å². The molecule has 4 nitrogen and oxygen atoms in total. The zero-order valence-electron chi connectivity index (χ0n) is 16.6. The van der Waals surface area contributed by atoms with E-state index >= 15 is 0 Å². The number of aromatic nitrogens is 1. The van der Waals surface area contributed by atoms with Gasteiger partial charge in [0.1, 0.15) is 0 Å². The Balaban J connectivity index is 1.41. The Morgan fingerprint density at radius 2 is 1.72 bits per heavy atom. The second kappa shape index (κ2) is 8.88. The Morgan fingerprint density at radius 3 is 2.47 bits per heavy atom. The van der Waals surface area contributed by atoms with E-state index in [1.165, 1.54) is 6.07 Å². The minimum absolute atomic E-state index is 0.00183. The highest BCUT2D eigenvalue weighted by atomic mass is 35.5. The Kier molecular flexibility index (Phi) is 6.01. The van der Waals surface area contributed by atoms with Gasteiger partial charge in [-0.25, -0.2) is 4.79 Å². The maximum Gasteiger partial charge on any atom is 0.417 e. The summed E-state index contributed by atoms with van der Waals surface area (Å²) >= 11 is 5.60. The lowest BCUT2D eigenvalue weighted by Crippen LogP contribution is -2.28. The van der Waals surface area contributed by atoms with E-state index in [0.717, 1.165) is 39.6 Å². The van der Waals surface area contributed by atoms with Gasteiger partial charge in [0.2, 0.25) is 0 Å². The highest BCUT2D eigenvalue weighted by Crippen LogP contribution is 2.36. The average Bonchev–Trinajstić information content (AvgIpc) is 2.78. The number of hydrogen-bond donors (Lipinski definition) is 2. The van der Waals surface area contributed by atoms with Crippen molar-refractivity contribution in [3.8, 4) is 11.1 Å². The third kappa shape index (κ3) is 4.84. The van der Waals surface area contributed by atoms with E-state index in [4.69, 9.17) is 11.6 Å². The summed E-state index contributed by atoms with van der Waals surface area (Å²) in [4.78, 5) is 16.4. The predicted octanol–water partition coefficient (Wildman–Crippen LogP) is 6.90. The van der Waals surface area contributed by atoms with E-state index in [9.17, 15) is 18.0 Å². The third-order valence-corrected chi connectivity index (χ3v) is 5.25. The number of fused-ring (bicyclic) bond motifs is 1. The van der Waals surface area contributed by atoms with Crippen molar-refractivity contribution in [1.29, 1.82) is 0 Å². The average molecular weight is 456 g/mol. The summed E-state index contributed by atoms with van der Waals surface area (Å²) in [7, 11) is 0. The van der Waals surface area contributed by atoms with E-state index in [2.05, 4.69) is 15.6 Å². The van der Waals surface area contributed by atoms with Crippen LogP contribution in [0.25, 0.3) is 21.9 Å². The molecule has 2 N–H and O–H groups in total. The lowest BCUT2D eigenvalue weighted by Gasteiger charge is -2.12. The number of rotatable bonds is 4. The Bertz CT molecular complexity index is 1270. The van der Waals surface area contributed by atoms with Gasteiger partial charge in [0.15, 0.2) is 0 Å². The number of nitrogens with one attached hydrogen (secondary N) is 2. The summed E-state index contributed by atoms with van der Waals surface area (Å²) in [5.74, 6) is 0. The molecule has 0 fully saturated rings. The number of amides is 2. The van der Waals surface area contributed by atoms with Gasteiger partial charge in [-0.05, 0) is 34.7 Å². The lowest BCUT2D eigenvalue weighted by molar-refractivity contribution is -0.137. The van der Waals surface area contributed by atoms with Gasteiger partial charge in [0.05, 0.1) is 10.6 Å². The van der Waals surface area contributed by atoms with Crippen molar-refractivity contribution < 1.29 is 18.0 Å². The molecule has 0 atom stereocenters. The first-order chi connectivity index (χ1) is 15.3. The van der Waals surface area contributed by atoms with Crippen LogP contribution >= 0.6 is 11.6 Å². The fourth-order valence-electron chi connectivity index (χ4n) is 3.33. The molecule has 2 amide bonds. The summed E-state index contributed by atoms with van der Waals surface area (Å²) in [5.41, 5.74) is 1.82. The summed E-state index contributed by atoms with van der Waals surface area (Å²) in [6, 6.07) is 18.2. The molecule has 8 heteroatoms. The summed E-state index contributed by atoms with van der Waals surface area (Å²) < 4.78 is 38.9. The normalized spacial score (nSPS) is 11.4. The van der Waals surface area contributed by atoms with Crippen LogP contribution in [0.1, 0.15) is 11.1 Å². The quantitative estimate of drug-likeness (QED) is 0.352. The van der Waals surface area contributed by atoms with Crippen molar-refractivity contribution in [2.75, 3.05) is 5.32 Å². The van der Waals surface area contributed by atoms with Crippen LogP contribution in [0.4, 0.5) is 23.7 Å². The first-order valence-corrected chi connectivity index (χ1v) is 10.0. The topological polar surface area (TPSA) is 54.0 Å². The number of halogens is 4. The fourth-order valence-corrected chi connectivity index (χ4v) is 3.55. The van der Waals surface area contributed by atoms with Crippen LogP contribution in [-0.2, 0) is 12.7 Å². The standard InChI is InChI=1S/C24H17ClF3N3O/c25-22-10-9-18(11-21(22)24(26,27)28)31-23(32)30-12-15-5-7-16(8-6-15)20-14-29-13-17-3-1-2-4-19(17)20/h1-11,13-14H,12H2,(H2,30,31,32). The second-order valence-electron chi connectivity index (χ2n) is 7.11. The van der Waals surface area contributed by atoms with Gasteiger partial charge in [-0.1, -0.05) is 60.1 Å². The molecule has 0 radical (unpaired) electrons. The molecule has 3 aromatic carbocycles. The van der Waals surface area contributed by atoms with Gasteiger partial charge in [0.25, 0.3) is 0 Å². The van der Waals surface area contributed by atoms with Crippen molar-refractivity contribution in [1.82, 2.24) is 10.3 Å². The number of carbonyl (C=O) groups excluding carboxylic acids is 1. The van der Waals surface area contributed by atoms with Gasteiger partial charge in [-0.2, -0.15) is 13.2 Å². The van der Waals surface area contributed by atoms with Gasteiger partial charge >= 0.3 is 12.2 Å². The Labute approximate surface area is 187 Å². The molecule has 4 rings (SSSR count). The Hall–Kier alpha value is -3.58. The van der Waals surface area contributed by atoms with Crippen LogP contribution in [-0.4, -0.2) is 11.0 Å². The van der Waals surface area contributed by atoms with E-state index in [-0.39, 0.29) is 12.2 Å². The third-order valence-electron chi connectivity index (χ3n) is 4.92. The number of urea groups is 1. The molecule has 0 saturated heterocycles. The number of hydrogen-bond acceptors (Lipinski definition) is 2. The molecular weight excluding hydrogens is 439 g/mol. The fraction of sp³-hybridized carbons (Fsp3) is 0.0833. The molecule has 1 heterocycles. The predicted molar refractivity (Wildman–Crippen MR) is 119 cm³/mol. The monoisotopic (exact) mass is 455 g/mol. The van der Waals surface area contributed by atoms with Gasteiger partial charge in [0, 0.05) is 35.6 Å². The SMILES string of the molecule is O=C(NCc1ccc(-c2cncc3ccccc23)cc1)Nc1ccc(Cl)c(C(F)(F)F)c1. The first kappa shape index (κ1) is 21.6. The summed E-state index contributed by atoms with van der Waals surface area (Å²) in [6.07, 6.45) is -0.981. The van der Waals surface area contributed by atoms with Crippen molar-refractivity contribution >= 4 is 34.1 Å². The zero-order valence-corrected chi connectivity index (χ0v) is 17.3. The van der Waals surface area contributed by atoms with Crippen LogP contribution in [0.5, 0.6) is 0 Å². The number of alkyl halides is 3. The van der Waals surface area contributed by atoms with Crippen molar-refractivity contribution in [2.45, 2.75) is 12.7 Å². The van der Waals surface area contributed by atoms with Gasteiger partial charge in [-0.3, -0.25) is 4.98 Å².